The molecule has 2 rings (SSSR count). The van der Waals surface area contributed by atoms with E-state index in [2.05, 4.69) is 5.10 Å². The molecule has 0 saturated carbocycles. The molecule has 1 aromatic heterocycles. The molecule has 1 unspecified atom stereocenters. The molecule has 0 radical (unpaired) electrons. The molecule has 19 heavy (non-hydrogen) atoms. The molecule has 106 valence electrons. The molecule has 1 aliphatic rings. The monoisotopic (exact) mass is 265 g/mol. The molecule has 5 nitrogen and oxygen atoms in total. The van der Waals surface area contributed by atoms with Crippen LogP contribution in [0.1, 0.15) is 48.8 Å². The molecule has 2 heterocycles. The highest BCUT2D eigenvalue weighted by Gasteiger charge is 2.28. The highest BCUT2D eigenvalue weighted by Crippen LogP contribution is 2.22. The number of amides is 1. The van der Waals surface area contributed by atoms with Gasteiger partial charge in [0.1, 0.15) is 5.69 Å². The van der Waals surface area contributed by atoms with Gasteiger partial charge in [-0.1, -0.05) is 0 Å². The number of carbonyl (C=O) groups is 1. The zero-order valence-corrected chi connectivity index (χ0v) is 11.8. The van der Waals surface area contributed by atoms with E-state index >= 15 is 0 Å². The third kappa shape index (κ3) is 2.97. The predicted octanol–water partition coefficient (Wildman–Crippen LogP) is 1.59. The standard InChI is InChI=1S/C14H23N3O2/c1-3-17-13(10-11(2)15-17)14(19)16-8-5-4-6-12(16)7-9-18/h10,12,18H,3-9H2,1-2H3. The summed E-state index contributed by atoms with van der Waals surface area (Å²) in [6, 6.07) is 2.03. The van der Waals surface area contributed by atoms with Crippen molar-refractivity contribution in [2.75, 3.05) is 13.2 Å². The molecule has 1 aliphatic heterocycles. The predicted molar refractivity (Wildman–Crippen MR) is 73.0 cm³/mol. The Morgan fingerprint density at radius 1 is 1.53 bits per heavy atom. The summed E-state index contributed by atoms with van der Waals surface area (Å²) in [4.78, 5) is 14.6. The summed E-state index contributed by atoms with van der Waals surface area (Å²) in [7, 11) is 0. The first kappa shape index (κ1) is 14.1. The smallest absolute Gasteiger partial charge is 0.272 e. The van der Waals surface area contributed by atoms with Crippen molar-refractivity contribution < 1.29 is 9.90 Å². The maximum atomic E-state index is 12.7. The first-order valence-corrected chi connectivity index (χ1v) is 7.13. The van der Waals surface area contributed by atoms with Gasteiger partial charge in [0.25, 0.3) is 5.91 Å². The fourth-order valence-electron chi connectivity index (χ4n) is 2.82. The van der Waals surface area contributed by atoms with E-state index < -0.39 is 0 Å². The number of rotatable bonds is 4. The zero-order valence-electron chi connectivity index (χ0n) is 11.8. The summed E-state index contributed by atoms with van der Waals surface area (Å²) in [5, 5.41) is 13.5. The lowest BCUT2D eigenvalue weighted by atomic mass is 9.99. The molecular weight excluding hydrogens is 242 g/mol. The van der Waals surface area contributed by atoms with Crippen molar-refractivity contribution in [1.82, 2.24) is 14.7 Å². The average molecular weight is 265 g/mol. The SMILES string of the molecule is CCn1nc(C)cc1C(=O)N1CCCCC1CCO. The van der Waals surface area contributed by atoms with Crippen molar-refractivity contribution in [2.24, 2.45) is 0 Å². The normalized spacial score (nSPS) is 19.7. The second-order valence-corrected chi connectivity index (χ2v) is 5.15. The first-order valence-electron chi connectivity index (χ1n) is 7.13. The number of hydrogen-bond donors (Lipinski definition) is 1. The number of aryl methyl sites for hydroxylation is 2. The van der Waals surface area contributed by atoms with Crippen molar-refractivity contribution >= 4 is 5.91 Å². The Labute approximate surface area is 114 Å². The van der Waals surface area contributed by atoms with E-state index in [0.717, 1.165) is 31.5 Å². The van der Waals surface area contributed by atoms with Gasteiger partial charge in [-0.25, -0.2) is 0 Å². The van der Waals surface area contributed by atoms with Gasteiger partial charge in [-0.05, 0) is 45.6 Å². The maximum Gasteiger partial charge on any atom is 0.272 e. The van der Waals surface area contributed by atoms with E-state index in [0.29, 0.717) is 18.7 Å². The zero-order chi connectivity index (χ0) is 13.8. The number of hydrogen-bond acceptors (Lipinski definition) is 3. The molecule has 5 heteroatoms. The first-order chi connectivity index (χ1) is 9.17. The van der Waals surface area contributed by atoms with Gasteiger partial charge in [0.15, 0.2) is 0 Å². The summed E-state index contributed by atoms with van der Waals surface area (Å²) < 4.78 is 1.77. The van der Waals surface area contributed by atoms with Gasteiger partial charge < -0.3 is 10.0 Å². The van der Waals surface area contributed by atoms with Gasteiger partial charge in [-0.2, -0.15) is 5.10 Å². The Balaban J connectivity index is 2.20. The topological polar surface area (TPSA) is 58.4 Å². The number of likely N-dealkylation sites (tertiary alicyclic amines) is 1. The summed E-state index contributed by atoms with van der Waals surface area (Å²) in [6.07, 6.45) is 3.85. The van der Waals surface area contributed by atoms with Crippen LogP contribution in [0.3, 0.4) is 0 Å². The second kappa shape index (κ2) is 6.19. The fourth-order valence-corrected chi connectivity index (χ4v) is 2.82. The van der Waals surface area contributed by atoms with Crippen LogP contribution in [0, 0.1) is 6.92 Å². The van der Waals surface area contributed by atoms with Crippen LogP contribution in [0.4, 0.5) is 0 Å². The second-order valence-electron chi connectivity index (χ2n) is 5.15. The highest BCUT2D eigenvalue weighted by atomic mass is 16.3. The van der Waals surface area contributed by atoms with E-state index in [4.69, 9.17) is 5.11 Å². The number of aromatic nitrogens is 2. The summed E-state index contributed by atoms with van der Waals surface area (Å²) in [5.74, 6) is 0.0561. The molecule has 1 aromatic rings. The minimum Gasteiger partial charge on any atom is -0.396 e. The largest absolute Gasteiger partial charge is 0.396 e. The van der Waals surface area contributed by atoms with E-state index in [-0.39, 0.29) is 18.6 Å². The molecule has 1 saturated heterocycles. The van der Waals surface area contributed by atoms with Gasteiger partial charge >= 0.3 is 0 Å². The summed E-state index contributed by atoms with van der Waals surface area (Å²) in [6.45, 7) is 5.53. The van der Waals surface area contributed by atoms with Crippen molar-refractivity contribution in [1.29, 1.82) is 0 Å². The van der Waals surface area contributed by atoms with E-state index in [1.165, 1.54) is 0 Å². The molecule has 0 spiro atoms. The average Bonchev–Trinajstić information content (AvgIpc) is 2.80. The van der Waals surface area contributed by atoms with Gasteiger partial charge in [0.05, 0.1) is 5.69 Å². The highest BCUT2D eigenvalue weighted by molar-refractivity contribution is 5.93. The van der Waals surface area contributed by atoms with Crippen LogP contribution in [-0.4, -0.2) is 44.9 Å². The molecule has 1 atom stereocenters. The minimum atomic E-state index is 0.0561. The van der Waals surface area contributed by atoms with Crippen molar-refractivity contribution in [2.45, 2.75) is 52.1 Å². The maximum absolute atomic E-state index is 12.7. The molecular formula is C14H23N3O2. The van der Waals surface area contributed by atoms with Crippen LogP contribution >= 0.6 is 0 Å². The molecule has 0 aliphatic carbocycles. The third-order valence-corrected chi connectivity index (χ3v) is 3.77. The van der Waals surface area contributed by atoms with Crippen LogP contribution in [0.2, 0.25) is 0 Å². The molecule has 1 N–H and O–H groups in total. The van der Waals surface area contributed by atoms with E-state index in [1.807, 2.05) is 24.8 Å². The number of piperidine rings is 1. The van der Waals surface area contributed by atoms with Gasteiger partial charge in [-0.3, -0.25) is 9.48 Å². The lowest BCUT2D eigenvalue weighted by molar-refractivity contribution is 0.0562. The van der Waals surface area contributed by atoms with Gasteiger partial charge in [0, 0.05) is 25.7 Å². The van der Waals surface area contributed by atoms with Crippen molar-refractivity contribution in [3.63, 3.8) is 0 Å². The van der Waals surface area contributed by atoms with Crippen molar-refractivity contribution in [3.8, 4) is 0 Å². The third-order valence-electron chi connectivity index (χ3n) is 3.77. The molecule has 0 bridgehead atoms. The Morgan fingerprint density at radius 2 is 2.32 bits per heavy atom. The van der Waals surface area contributed by atoms with Crippen molar-refractivity contribution in [3.05, 3.63) is 17.5 Å². The fraction of sp³-hybridized carbons (Fsp3) is 0.714. The van der Waals surface area contributed by atoms with Gasteiger partial charge in [-0.15, -0.1) is 0 Å². The Hall–Kier alpha value is -1.36. The number of aliphatic hydroxyl groups excluding tert-OH is 1. The Kier molecular flexibility index (Phi) is 4.58. The molecule has 0 aromatic carbocycles. The van der Waals surface area contributed by atoms with Crippen LogP contribution in [-0.2, 0) is 6.54 Å². The number of carbonyl (C=O) groups excluding carboxylic acids is 1. The van der Waals surface area contributed by atoms with Crippen LogP contribution in [0.5, 0.6) is 0 Å². The molecule has 1 fully saturated rings. The van der Waals surface area contributed by atoms with Gasteiger partial charge in [0.2, 0.25) is 0 Å². The van der Waals surface area contributed by atoms with E-state index in [9.17, 15) is 4.79 Å². The summed E-state index contributed by atoms with van der Waals surface area (Å²) in [5.41, 5.74) is 1.55. The summed E-state index contributed by atoms with van der Waals surface area (Å²) >= 11 is 0. The minimum absolute atomic E-state index is 0.0561. The Bertz CT molecular complexity index is 440. The van der Waals surface area contributed by atoms with E-state index in [1.54, 1.807) is 4.68 Å². The van der Waals surface area contributed by atoms with Crippen LogP contribution < -0.4 is 0 Å². The van der Waals surface area contributed by atoms with Crippen LogP contribution in [0.25, 0.3) is 0 Å². The quantitative estimate of drug-likeness (QED) is 0.899. The Morgan fingerprint density at radius 3 is 3.00 bits per heavy atom. The molecule has 1 amide bonds. The number of aliphatic hydroxyl groups is 1. The van der Waals surface area contributed by atoms with Crippen LogP contribution in [0.15, 0.2) is 6.07 Å². The lowest BCUT2D eigenvalue weighted by Gasteiger charge is -2.35. The number of nitrogens with zero attached hydrogens (tertiary/aromatic N) is 3. The lowest BCUT2D eigenvalue weighted by Crippen LogP contribution is -2.44.